The van der Waals surface area contributed by atoms with Crippen LogP contribution in [0.15, 0.2) is 24.3 Å². The zero-order valence-corrected chi connectivity index (χ0v) is 20.1. The summed E-state index contributed by atoms with van der Waals surface area (Å²) >= 11 is 1.49. The number of carbonyl (C=O) groups excluding carboxylic acids is 1. The van der Waals surface area contributed by atoms with E-state index in [0.717, 1.165) is 44.4 Å². The van der Waals surface area contributed by atoms with E-state index in [1.165, 1.54) is 61.8 Å². The molecule has 1 amide bonds. The number of thiophene rings is 1. The van der Waals surface area contributed by atoms with Gasteiger partial charge in [-0.3, -0.25) is 9.69 Å². The van der Waals surface area contributed by atoms with Crippen LogP contribution in [0.3, 0.4) is 0 Å². The summed E-state index contributed by atoms with van der Waals surface area (Å²) in [5.41, 5.74) is 4.04. The molecule has 0 unspecified atom stereocenters. The average molecular weight is 449 g/mol. The van der Waals surface area contributed by atoms with Crippen LogP contribution in [-0.4, -0.2) is 33.9 Å². The fraction of sp³-hybridized carbons (Fsp3) is 0.500. The summed E-state index contributed by atoms with van der Waals surface area (Å²) in [7, 11) is 2.21. The second-order valence-electron chi connectivity index (χ2n) is 9.50. The van der Waals surface area contributed by atoms with Gasteiger partial charge in [0.15, 0.2) is 0 Å². The van der Waals surface area contributed by atoms with Crippen molar-refractivity contribution in [3.63, 3.8) is 0 Å². The highest BCUT2D eigenvalue weighted by Crippen LogP contribution is 2.40. The Balaban J connectivity index is 1.38. The molecule has 5 nitrogen and oxygen atoms in total. The smallest absolute Gasteiger partial charge is 0.266 e. The predicted molar refractivity (Wildman–Crippen MR) is 132 cm³/mol. The number of rotatable bonds is 6. The van der Waals surface area contributed by atoms with E-state index in [0.29, 0.717) is 12.0 Å². The van der Waals surface area contributed by atoms with Gasteiger partial charge in [-0.25, -0.2) is 9.97 Å². The molecule has 1 aromatic carbocycles. The summed E-state index contributed by atoms with van der Waals surface area (Å²) in [4.78, 5) is 27.0. The second-order valence-corrected chi connectivity index (χ2v) is 10.5. The van der Waals surface area contributed by atoms with Gasteiger partial charge in [0.05, 0.1) is 10.6 Å². The first-order valence-electron chi connectivity index (χ1n) is 11.9. The van der Waals surface area contributed by atoms with E-state index in [2.05, 4.69) is 29.4 Å². The standard InChI is InChI=1S/C26H32N4OS/c1-16-22-17(2)27-24(18-13-14-18)29-26(22)32-23(16)25(31)28-21-12-8-7-9-19(21)15-30(3)20-10-5-4-6-11-20/h7-9,12,18,20H,4-6,10-11,13-15H2,1-3H3,(H,28,31). The van der Waals surface area contributed by atoms with E-state index in [1.54, 1.807) is 0 Å². The first kappa shape index (κ1) is 21.5. The molecule has 0 spiro atoms. The van der Waals surface area contributed by atoms with Gasteiger partial charge in [0.2, 0.25) is 0 Å². The maximum absolute atomic E-state index is 13.3. The van der Waals surface area contributed by atoms with Crippen LogP contribution in [0.2, 0.25) is 0 Å². The van der Waals surface area contributed by atoms with Crippen LogP contribution < -0.4 is 5.32 Å². The fourth-order valence-corrected chi connectivity index (χ4v) is 6.11. The van der Waals surface area contributed by atoms with Crippen LogP contribution in [0.4, 0.5) is 5.69 Å². The molecule has 0 radical (unpaired) electrons. The van der Waals surface area contributed by atoms with E-state index in [-0.39, 0.29) is 5.91 Å². The Morgan fingerprint density at radius 1 is 1.09 bits per heavy atom. The minimum atomic E-state index is -0.0503. The number of amides is 1. The third-order valence-corrected chi connectivity index (χ3v) is 8.20. The summed E-state index contributed by atoms with van der Waals surface area (Å²) in [6.07, 6.45) is 8.90. The number of fused-ring (bicyclic) bond motifs is 1. The SMILES string of the molecule is Cc1nc(C2CC2)nc2sc(C(=O)Nc3ccccc3CN(C)C3CCCCC3)c(C)c12. The largest absolute Gasteiger partial charge is 0.321 e. The maximum atomic E-state index is 13.3. The Morgan fingerprint density at radius 2 is 1.84 bits per heavy atom. The molecule has 3 aromatic rings. The van der Waals surface area contributed by atoms with Crippen molar-refractivity contribution in [1.29, 1.82) is 0 Å². The van der Waals surface area contributed by atoms with E-state index in [9.17, 15) is 4.79 Å². The molecule has 2 aromatic heterocycles. The first-order chi connectivity index (χ1) is 15.5. The highest BCUT2D eigenvalue weighted by Gasteiger charge is 2.28. The molecule has 1 N–H and O–H groups in total. The molecule has 2 heterocycles. The Hall–Kier alpha value is -2.31. The van der Waals surface area contributed by atoms with Gasteiger partial charge in [-0.15, -0.1) is 11.3 Å². The van der Waals surface area contributed by atoms with Crippen LogP contribution in [0.25, 0.3) is 10.2 Å². The maximum Gasteiger partial charge on any atom is 0.266 e. The van der Waals surface area contributed by atoms with Crippen molar-refractivity contribution in [3.05, 3.63) is 51.8 Å². The molecular formula is C26H32N4OS. The summed E-state index contributed by atoms with van der Waals surface area (Å²) in [5.74, 6) is 1.40. The summed E-state index contributed by atoms with van der Waals surface area (Å²) in [6, 6.07) is 8.84. The third-order valence-electron chi connectivity index (χ3n) is 7.02. The Labute approximate surface area is 194 Å². The van der Waals surface area contributed by atoms with Crippen molar-refractivity contribution in [2.45, 2.75) is 77.3 Å². The molecule has 2 fully saturated rings. The summed E-state index contributed by atoms with van der Waals surface area (Å²) in [6.45, 7) is 4.90. The van der Waals surface area contributed by atoms with Crippen molar-refractivity contribution < 1.29 is 4.79 Å². The lowest BCUT2D eigenvalue weighted by Crippen LogP contribution is -2.33. The van der Waals surface area contributed by atoms with E-state index in [1.807, 2.05) is 26.0 Å². The number of benzene rings is 1. The van der Waals surface area contributed by atoms with Gasteiger partial charge < -0.3 is 5.32 Å². The number of hydrogen-bond acceptors (Lipinski definition) is 5. The number of aromatic nitrogens is 2. The van der Waals surface area contributed by atoms with E-state index < -0.39 is 0 Å². The van der Waals surface area contributed by atoms with Crippen molar-refractivity contribution in [2.75, 3.05) is 12.4 Å². The van der Waals surface area contributed by atoms with Gasteiger partial charge in [-0.2, -0.15) is 0 Å². The number of para-hydroxylation sites is 1. The van der Waals surface area contributed by atoms with Crippen molar-refractivity contribution >= 4 is 33.1 Å². The van der Waals surface area contributed by atoms with Crippen LogP contribution in [0.1, 0.15) is 83.2 Å². The van der Waals surface area contributed by atoms with E-state index >= 15 is 0 Å². The minimum absolute atomic E-state index is 0.0503. The molecule has 6 heteroatoms. The molecule has 5 rings (SSSR count). The lowest BCUT2D eigenvalue weighted by Gasteiger charge is -2.31. The van der Waals surface area contributed by atoms with Crippen LogP contribution in [0, 0.1) is 13.8 Å². The van der Waals surface area contributed by atoms with Gasteiger partial charge in [0.1, 0.15) is 10.7 Å². The van der Waals surface area contributed by atoms with Crippen molar-refractivity contribution in [1.82, 2.24) is 14.9 Å². The zero-order valence-electron chi connectivity index (χ0n) is 19.3. The predicted octanol–water partition coefficient (Wildman–Crippen LogP) is 6.20. The molecule has 0 saturated heterocycles. The Morgan fingerprint density at radius 3 is 2.59 bits per heavy atom. The molecule has 168 valence electrons. The lowest BCUT2D eigenvalue weighted by molar-refractivity contribution is 0.103. The molecule has 0 atom stereocenters. The molecular weight excluding hydrogens is 416 g/mol. The molecule has 2 saturated carbocycles. The van der Waals surface area contributed by atoms with Crippen molar-refractivity contribution in [2.24, 2.45) is 0 Å². The number of hydrogen-bond donors (Lipinski definition) is 1. The van der Waals surface area contributed by atoms with Crippen LogP contribution >= 0.6 is 11.3 Å². The summed E-state index contributed by atoms with van der Waals surface area (Å²) in [5, 5.41) is 4.24. The van der Waals surface area contributed by atoms with Gasteiger partial charge in [-0.05, 0) is 63.8 Å². The van der Waals surface area contributed by atoms with Gasteiger partial charge >= 0.3 is 0 Å². The Kier molecular flexibility index (Phi) is 5.99. The topological polar surface area (TPSA) is 58.1 Å². The highest BCUT2D eigenvalue weighted by atomic mass is 32.1. The third kappa shape index (κ3) is 4.30. The number of anilines is 1. The Bertz CT molecular complexity index is 1140. The molecule has 0 aliphatic heterocycles. The molecule has 2 aliphatic carbocycles. The number of nitrogens with one attached hydrogen (secondary N) is 1. The van der Waals surface area contributed by atoms with Gasteiger partial charge in [0.25, 0.3) is 5.91 Å². The average Bonchev–Trinajstić information content (AvgIpc) is 3.59. The lowest BCUT2D eigenvalue weighted by atomic mass is 9.94. The van der Waals surface area contributed by atoms with E-state index in [4.69, 9.17) is 9.97 Å². The molecule has 0 bridgehead atoms. The number of nitrogens with zero attached hydrogens (tertiary/aromatic N) is 3. The number of carbonyl (C=O) groups is 1. The number of aryl methyl sites for hydroxylation is 2. The second kappa shape index (κ2) is 8.91. The highest BCUT2D eigenvalue weighted by molar-refractivity contribution is 7.20. The normalized spacial score (nSPS) is 17.2. The molecule has 2 aliphatic rings. The minimum Gasteiger partial charge on any atom is -0.321 e. The quantitative estimate of drug-likeness (QED) is 0.488. The molecule has 32 heavy (non-hydrogen) atoms. The van der Waals surface area contributed by atoms with Crippen molar-refractivity contribution in [3.8, 4) is 0 Å². The van der Waals surface area contributed by atoms with Gasteiger partial charge in [-0.1, -0.05) is 37.5 Å². The van der Waals surface area contributed by atoms with Crippen LogP contribution in [-0.2, 0) is 6.54 Å². The van der Waals surface area contributed by atoms with Crippen LogP contribution in [0.5, 0.6) is 0 Å². The van der Waals surface area contributed by atoms with Gasteiger partial charge in [0, 0.05) is 29.6 Å². The zero-order chi connectivity index (χ0) is 22.2. The first-order valence-corrected chi connectivity index (χ1v) is 12.7. The summed E-state index contributed by atoms with van der Waals surface area (Å²) < 4.78 is 0. The monoisotopic (exact) mass is 448 g/mol. The fourth-order valence-electron chi connectivity index (χ4n) is 4.98.